The molecule has 5 rings (SSSR count). The normalized spacial score (nSPS) is 14.1. The van der Waals surface area contributed by atoms with Crippen LogP contribution in [0.15, 0.2) is 23.0 Å². The van der Waals surface area contributed by atoms with Crippen molar-refractivity contribution in [1.29, 1.82) is 0 Å². The number of carboxylic acids is 1. The second-order valence-electron chi connectivity index (χ2n) is 9.43. The molecule has 0 bridgehead atoms. The fourth-order valence-corrected chi connectivity index (χ4v) is 5.00. The molecule has 3 aromatic rings. The number of H-pyrrole nitrogens is 1. The summed E-state index contributed by atoms with van der Waals surface area (Å²) in [7, 11) is 0. The summed E-state index contributed by atoms with van der Waals surface area (Å²) in [5.74, 6) is -1.08. The molecule has 0 fully saturated rings. The molecule has 2 amide bonds. The maximum absolute atomic E-state index is 12.3. The Labute approximate surface area is 227 Å². The van der Waals surface area contributed by atoms with Crippen molar-refractivity contribution in [3.63, 3.8) is 0 Å². The van der Waals surface area contributed by atoms with Gasteiger partial charge in [0, 0.05) is 23.5 Å². The van der Waals surface area contributed by atoms with Gasteiger partial charge >= 0.3 is 12.1 Å². The summed E-state index contributed by atoms with van der Waals surface area (Å²) < 4.78 is 10.6. The Hall–Kier alpha value is -3.68. The predicted molar refractivity (Wildman–Crippen MR) is 143 cm³/mol. The topological polar surface area (TPSA) is 177 Å². The minimum atomic E-state index is -1.28. The molecule has 0 aliphatic carbocycles. The van der Waals surface area contributed by atoms with Gasteiger partial charge in [0.25, 0.3) is 11.5 Å². The molecule has 14 heteroatoms. The van der Waals surface area contributed by atoms with E-state index in [2.05, 4.69) is 15.3 Å². The maximum Gasteiger partial charge on any atom is 0.410 e. The molecular formula is C24H28ClN5O7S. The van der Waals surface area contributed by atoms with E-state index in [0.717, 1.165) is 16.0 Å². The Balaban J connectivity index is 0.000000242. The number of rotatable bonds is 2. The number of carbonyl (C=O) groups excluding carboxylic acids is 2. The summed E-state index contributed by atoms with van der Waals surface area (Å²) in [4.78, 5) is 55.6. The molecule has 0 radical (unpaired) electrons. The summed E-state index contributed by atoms with van der Waals surface area (Å²) in [6.07, 6.45) is 0.149. The van der Waals surface area contributed by atoms with Crippen molar-refractivity contribution in [3.05, 3.63) is 50.4 Å². The van der Waals surface area contributed by atoms with Gasteiger partial charge in [0.05, 0.1) is 17.6 Å². The molecule has 1 aromatic carbocycles. The van der Waals surface area contributed by atoms with Gasteiger partial charge in [0.2, 0.25) is 5.82 Å². The Bertz CT molecular complexity index is 1450. The second kappa shape index (κ2) is 11.4. The van der Waals surface area contributed by atoms with Crippen molar-refractivity contribution < 1.29 is 29.0 Å². The van der Waals surface area contributed by atoms with Crippen LogP contribution in [0, 0.1) is 0 Å². The molecular weight excluding hydrogens is 538 g/mol. The number of anilines is 1. The number of hydrogen-bond donors (Lipinski definition) is 4. The van der Waals surface area contributed by atoms with Crippen molar-refractivity contribution >= 4 is 57.6 Å². The van der Waals surface area contributed by atoms with Crippen molar-refractivity contribution in [2.75, 3.05) is 18.5 Å². The first-order valence-electron chi connectivity index (χ1n) is 11.5. The monoisotopic (exact) mass is 565 g/mol. The molecule has 0 spiro atoms. The van der Waals surface area contributed by atoms with Crippen LogP contribution >= 0.6 is 23.7 Å². The number of hydrogen-bond acceptors (Lipinski definition) is 9. The minimum absolute atomic E-state index is 0. The number of nitrogens with zero attached hydrogens (tertiary/aromatic N) is 2. The highest BCUT2D eigenvalue weighted by Crippen LogP contribution is 2.33. The highest BCUT2D eigenvalue weighted by molar-refractivity contribution is 7.18. The number of carbonyl (C=O) groups is 3. The highest BCUT2D eigenvalue weighted by Gasteiger charge is 2.29. The number of nitrogens with two attached hydrogens (primary N) is 1. The molecule has 204 valence electrons. The molecule has 12 nitrogen and oxygen atoms in total. The van der Waals surface area contributed by atoms with Crippen LogP contribution in [0.1, 0.15) is 47.4 Å². The van der Waals surface area contributed by atoms with Gasteiger partial charge in [-0.2, -0.15) is 0 Å². The number of thiophene rings is 1. The SMILES string of the molecule is CC(C)(C)OC(=O)N1CCc2sc3nc(C(=O)O)[nH]c(=O)c3c2C1.Cl.NCc1ccc2c(c1)NC(=O)CO2. The molecule has 0 saturated carbocycles. The van der Waals surface area contributed by atoms with Crippen molar-refractivity contribution in [2.24, 2.45) is 5.73 Å². The summed E-state index contributed by atoms with van der Waals surface area (Å²) >= 11 is 1.30. The van der Waals surface area contributed by atoms with Crippen molar-refractivity contribution in [1.82, 2.24) is 14.9 Å². The standard InChI is InChI=1S/C15H17N3O5S.C9H10N2O2.ClH/c1-15(2,3)23-14(22)18-5-4-8-7(6-18)9-11(19)16-10(13(20)21)17-12(9)24-8;10-4-6-1-2-8-7(3-6)11-9(12)5-13-8;/h4-6H2,1-3H3,(H,20,21)(H,16,17,19);1-3H,4-5,10H2,(H,11,12);1H. The summed E-state index contributed by atoms with van der Waals surface area (Å²) in [5.41, 5.74) is 6.78. The average molecular weight is 566 g/mol. The molecule has 2 aliphatic heterocycles. The Morgan fingerprint density at radius 3 is 2.68 bits per heavy atom. The van der Waals surface area contributed by atoms with E-state index in [9.17, 15) is 19.2 Å². The molecule has 38 heavy (non-hydrogen) atoms. The third kappa shape index (κ3) is 6.41. The number of carboxylic acid groups (broad SMARTS) is 1. The van der Waals surface area contributed by atoms with Gasteiger partial charge in [0.15, 0.2) is 6.61 Å². The van der Waals surface area contributed by atoms with E-state index in [0.29, 0.717) is 41.2 Å². The number of aromatic nitrogens is 2. The zero-order valence-electron chi connectivity index (χ0n) is 21.0. The first-order valence-corrected chi connectivity index (χ1v) is 12.3. The smallest absolute Gasteiger partial charge is 0.410 e. The third-order valence-corrected chi connectivity index (χ3v) is 6.65. The molecule has 5 N–H and O–H groups in total. The van der Waals surface area contributed by atoms with Gasteiger partial charge in [0.1, 0.15) is 16.2 Å². The van der Waals surface area contributed by atoms with E-state index >= 15 is 0 Å². The quantitative estimate of drug-likeness (QED) is 0.363. The van der Waals surface area contributed by atoms with E-state index in [1.807, 2.05) is 18.2 Å². The number of ether oxygens (including phenoxy) is 2. The molecule has 0 atom stereocenters. The van der Waals surface area contributed by atoms with E-state index in [-0.39, 0.29) is 37.3 Å². The van der Waals surface area contributed by atoms with Crippen molar-refractivity contribution in [3.8, 4) is 5.75 Å². The first kappa shape index (κ1) is 28.9. The molecule has 4 heterocycles. The molecule has 0 unspecified atom stereocenters. The largest absolute Gasteiger partial charge is 0.482 e. The number of benzene rings is 1. The van der Waals surface area contributed by atoms with Gasteiger partial charge in [-0.1, -0.05) is 6.07 Å². The number of nitrogens with one attached hydrogen (secondary N) is 2. The fraction of sp³-hybridized carbons (Fsp3) is 0.375. The Morgan fingerprint density at radius 1 is 1.29 bits per heavy atom. The van der Waals surface area contributed by atoms with Crippen LogP contribution in [-0.4, -0.2) is 56.7 Å². The van der Waals surface area contributed by atoms with Crippen LogP contribution in [-0.2, 0) is 29.0 Å². The lowest BCUT2D eigenvalue weighted by Crippen LogP contribution is -2.39. The number of aromatic amines is 1. The number of amides is 2. The lowest BCUT2D eigenvalue weighted by molar-refractivity contribution is -0.118. The lowest BCUT2D eigenvalue weighted by atomic mass is 10.1. The predicted octanol–water partition coefficient (Wildman–Crippen LogP) is 2.87. The average Bonchev–Trinajstić information content (AvgIpc) is 3.21. The number of aromatic carboxylic acids is 1. The summed E-state index contributed by atoms with van der Waals surface area (Å²) in [6.45, 7) is 6.67. The van der Waals surface area contributed by atoms with Gasteiger partial charge in [-0.25, -0.2) is 14.6 Å². The highest BCUT2D eigenvalue weighted by atomic mass is 35.5. The van der Waals surface area contributed by atoms with Gasteiger partial charge < -0.3 is 35.5 Å². The molecule has 0 saturated heterocycles. The minimum Gasteiger partial charge on any atom is -0.482 e. The third-order valence-electron chi connectivity index (χ3n) is 5.47. The molecule has 2 aliphatic rings. The Morgan fingerprint density at radius 2 is 2.03 bits per heavy atom. The van der Waals surface area contributed by atoms with Gasteiger partial charge in [-0.3, -0.25) is 9.59 Å². The van der Waals surface area contributed by atoms with Crippen LogP contribution in [0.3, 0.4) is 0 Å². The lowest BCUT2D eigenvalue weighted by Gasteiger charge is -2.30. The Kier molecular flexibility index (Phi) is 8.65. The van der Waals surface area contributed by atoms with E-state index in [1.165, 1.54) is 11.3 Å². The van der Waals surface area contributed by atoms with E-state index in [4.69, 9.17) is 20.3 Å². The maximum atomic E-state index is 12.3. The zero-order valence-corrected chi connectivity index (χ0v) is 22.6. The van der Waals surface area contributed by atoms with Crippen LogP contribution in [0.25, 0.3) is 10.2 Å². The van der Waals surface area contributed by atoms with Gasteiger partial charge in [-0.05, 0) is 44.9 Å². The molecule has 2 aromatic heterocycles. The van der Waals surface area contributed by atoms with Crippen LogP contribution in [0.4, 0.5) is 10.5 Å². The summed E-state index contributed by atoms with van der Waals surface area (Å²) in [5, 5.41) is 12.1. The number of halogens is 1. The zero-order chi connectivity index (χ0) is 26.9. The fourth-order valence-electron chi connectivity index (χ4n) is 3.83. The van der Waals surface area contributed by atoms with E-state index < -0.39 is 23.2 Å². The van der Waals surface area contributed by atoms with Crippen LogP contribution < -0.4 is 21.3 Å². The number of fused-ring (bicyclic) bond motifs is 4. The first-order chi connectivity index (χ1) is 17.4. The van der Waals surface area contributed by atoms with Crippen molar-refractivity contribution in [2.45, 2.75) is 45.9 Å². The van der Waals surface area contributed by atoms with Crippen LogP contribution in [0.5, 0.6) is 5.75 Å². The van der Waals surface area contributed by atoms with E-state index in [1.54, 1.807) is 25.7 Å². The van der Waals surface area contributed by atoms with Crippen LogP contribution in [0.2, 0.25) is 0 Å². The second-order valence-corrected chi connectivity index (χ2v) is 10.5. The summed E-state index contributed by atoms with van der Waals surface area (Å²) in [6, 6.07) is 5.53. The van der Waals surface area contributed by atoms with Gasteiger partial charge in [-0.15, -0.1) is 23.7 Å².